The molecule has 2 atom stereocenters. The Morgan fingerprint density at radius 2 is 1.56 bits per heavy atom. The molecule has 1 aliphatic carbocycles. The van der Waals surface area contributed by atoms with E-state index in [2.05, 4.69) is 0 Å². The van der Waals surface area contributed by atoms with E-state index in [1.807, 2.05) is 25.1 Å². The first-order valence-electron chi connectivity index (χ1n) is 13.7. The third-order valence-corrected chi connectivity index (χ3v) is 8.20. The molecule has 8 heteroatoms. The molecule has 2 amide bonds. The van der Waals surface area contributed by atoms with Crippen molar-refractivity contribution in [1.82, 2.24) is 4.98 Å². The molecule has 3 aromatic carbocycles. The van der Waals surface area contributed by atoms with Gasteiger partial charge >= 0.3 is 5.97 Å². The number of nitrogens with zero attached hydrogens (tertiary/aromatic N) is 2. The smallest absolute Gasteiger partial charge is 0.339 e. The summed E-state index contributed by atoms with van der Waals surface area (Å²) in [6.45, 7) is 1.50. The summed E-state index contributed by atoms with van der Waals surface area (Å²) in [5.41, 5.74) is 4.00. The third-order valence-electron chi connectivity index (χ3n) is 7.95. The van der Waals surface area contributed by atoms with Crippen LogP contribution in [-0.2, 0) is 14.3 Å². The monoisotopic (exact) mass is 566 g/mol. The number of carbonyl (C=O) groups excluding carboxylic acids is 4. The zero-order valence-electron chi connectivity index (χ0n) is 22.4. The largest absolute Gasteiger partial charge is 0.454 e. The van der Waals surface area contributed by atoms with Gasteiger partial charge in [0, 0.05) is 21.5 Å². The van der Waals surface area contributed by atoms with Gasteiger partial charge in [0.25, 0.3) is 0 Å². The van der Waals surface area contributed by atoms with E-state index < -0.39 is 12.6 Å². The number of benzene rings is 3. The van der Waals surface area contributed by atoms with Gasteiger partial charge in [-0.15, -0.1) is 0 Å². The summed E-state index contributed by atoms with van der Waals surface area (Å²) < 4.78 is 5.44. The lowest BCUT2D eigenvalue weighted by Crippen LogP contribution is -2.30. The Morgan fingerprint density at radius 1 is 0.902 bits per heavy atom. The molecule has 1 saturated heterocycles. The molecule has 2 heterocycles. The van der Waals surface area contributed by atoms with Crippen LogP contribution in [0.4, 0.5) is 5.69 Å². The highest BCUT2D eigenvalue weighted by Gasteiger charge is 2.48. The molecule has 2 aliphatic rings. The van der Waals surface area contributed by atoms with Gasteiger partial charge in [0.05, 0.1) is 34.3 Å². The summed E-state index contributed by atoms with van der Waals surface area (Å²) >= 11 is 5.90. The molecule has 1 saturated carbocycles. The fourth-order valence-corrected chi connectivity index (χ4v) is 5.91. The van der Waals surface area contributed by atoms with Crippen molar-refractivity contribution in [1.29, 1.82) is 0 Å². The summed E-state index contributed by atoms with van der Waals surface area (Å²) in [6, 6.07) is 20.7. The van der Waals surface area contributed by atoms with Gasteiger partial charge in [0.1, 0.15) is 0 Å². The molecule has 4 aromatic rings. The fourth-order valence-electron chi connectivity index (χ4n) is 5.78. The summed E-state index contributed by atoms with van der Waals surface area (Å²) in [6.07, 6.45) is 3.46. The molecule has 2 unspecified atom stereocenters. The average molecular weight is 567 g/mol. The Bertz CT molecular complexity index is 1670. The molecule has 1 aliphatic heterocycles. The van der Waals surface area contributed by atoms with E-state index in [4.69, 9.17) is 21.3 Å². The number of esters is 1. The number of hydrogen-bond donors (Lipinski definition) is 0. The van der Waals surface area contributed by atoms with Crippen molar-refractivity contribution in [2.45, 2.75) is 32.6 Å². The molecule has 0 N–H and O–H groups in total. The molecule has 7 nitrogen and oxygen atoms in total. The molecule has 0 radical (unpaired) electrons. The lowest BCUT2D eigenvalue weighted by atomic mass is 9.81. The van der Waals surface area contributed by atoms with Gasteiger partial charge in [-0.05, 0) is 74.4 Å². The first kappa shape index (κ1) is 26.8. The van der Waals surface area contributed by atoms with Gasteiger partial charge in [0.2, 0.25) is 11.8 Å². The van der Waals surface area contributed by atoms with Crippen molar-refractivity contribution in [3.8, 4) is 11.3 Å². The van der Waals surface area contributed by atoms with Gasteiger partial charge in [-0.3, -0.25) is 19.3 Å². The van der Waals surface area contributed by atoms with Gasteiger partial charge in [-0.1, -0.05) is 48.2 Å². The van der Waals surface area contributed by atoms with Crippen molar-refractivity contribution in [2.75, 3.05) is 11.5 Å². The van der Waals surface area contributed by atoms with E-state index in [9.17, 15) is 19.2 Å². The summed E-state index contributed by atoms with van der Waals surface area (Å²) in [7, 11) is 0. The third kappa shape index (κ3) is 5.13. The number of rotatable bonds is 6. The lowest BCUT2D eigenvalue weighted by Gasteiger charge is -2.19. The Balaban J connectivity index is 1.28. The number of imide groups is 1. The summed E-state index contributed by atoms with van der Waals surface area (Å²) in [4.78, 5) is 58.0. The molecule has 0 bridgehead atoms. The standard InChI is InChI=1S/C33H27ClN2O5/c1-19-6-15-28-26(16-19)27(33(40)41-18-30(37)21-7-11-22(34)12-8-21)17-29(35-28)20-9-13-23(14-10-20)36-31(38)24-4-2-3-5-25(24)32(36)39/h6-17,24-25H,2-5,18H2,1H3. The van der Waals surface area contributed by atoms with E-state index in [1.54, 1.807) is 54.6 Å². The number of fused-ring (bicyclic) bond motifs is 2. The number of hydrogen-bond acceptors (Lipinski definition) is 6. The van der Waals surface area contributed by atoms with Gasteiger partial charge in [0.15, 0.2) is 12.4 Å². The Morgan fingerprint density at radius 3 is 2.22 bits per heavy atom. The lowest BCUT2D eigenvalue weighted by molar-refractivity contribution is -0.122. The minimum absolute atomic E-state index is 0.121. The number of aromatic nitrogens is 1. The number of aryl methyl sites for hydroxylation is 1. The SMILES string of the molecule is Cc1ccc2nc(-c3ccc(N4C(=O)C5CCCCC5C4=O)cc3)cc(C(=O)OCC(=O)c3ccc(Cl)cc3)c2c1. The number of pyridine rings is 1. The van der Waals surface area contributed by atoms with Crippen LogP contribution in [0.15, 0.2) is 72.8 Å². The summed E-state index contributed by atoms with van der Waals surface area (Å²) in [5, 5.41) is 1.12. The van der Waals surface area contributed by atoms with Crippen LogP contribution in [0.2, 0.25) is 5.02 Å². The highest BCUT2D eigenvalue weighted by atomic mass is 35.5. The van der Waals surface area contributed by atoms with Crippen LogP contribution < -0.4 is 4.90 Å². The van der Waals surface area contributed by atoms with E-state index in [0.717, 1.165) is 31.2 Å². The fraction of sp³-hybridized carbons (Fsp3) is 0.242. The maximum atomic E-state index is 13.3. The van der Waals surface area contributed by atoms with Crippen LogP contribution in [0.3, 0.4) is 0 Å². The van der Waals surface area contributed by atoms with Crippen molar-refractivity contribution >= 4 is 51.8 Å². The number of anilines is 1. The van der Waals surface area contributed by atoms with E-state index in [0.29, 0.717) is 38.4 Å². The predicted molar refractivity (Wildman–Crippen MR) is 156 cm³/mol. The number of Topliss-reactive ketones (excluding diaryl/α,β-unsaturated/α-hetero) is 1. The molecule has 41 heavy (non-hydrogen) atoms. The number of carbonyl (C=O) groups is 4. The zero-order valence-corrected chi connectivity index (χ0v) is 23.2. The van der Waals surface area contributed by atoms with Crippen molar-refractivity contribution in [3.05, 3.63) is 94.5 Å². The normalized spacial score (nSPS) is 18.4. The number of amides is 2. The Kier molecular flexibility index (Phi) is 7.14. The molecular weight excluding hydrogens is 540 g/mol. The van der Waals surface area contributed by atoms with Crippen LogP contribution >= 0.6 is 11.6 Å². The minimum atomic E-state index is -0.640. The van der Waals surface area contributed by atoms with E-state index >= 15 is 0 Å². The van der Waals surface area contributed by atoms with Crippen molar-refractivity contribution < 1.29 is 23.9 Å². The number of ketones is 1. The first-order valence-corrected chi connectivity index (χ1v) is 14.0. The molecule has 2 fully saturated rings. The first-order chi connectivity index (χ1) is 19.8. The highest BCUT2D eigenvalue weighted by Crippen LogP contribution is 2.40. The number of halogens is 1. The minimum Gasteiger partial charge on any atom is -0.454 e. The molecular formula is C33H27ClN2O5. The average Bonchev–Trinajstić information content (AvgIpc) is 3.25. The van der Waals surface area contributed by atoms with E-state index in [1.165, 1.54) is 4.90 Å². The molecule has 206 valence electrons. The quantitative estimate of drug-likeness (QED) is 0.149. The second-order valence-corrected chi connectivity index (χ2v) is 11.1. The van der Waals surface area contributed by atoms with Crippen LogP contribution in [0.25, 0.3) is 22.2 Å². The molecule has 6 rings (SSSR count). The van der Waals surface area contributed by atoms with Crippen LogP contribution in [0, 0.1) is 18.8 Å². The Hall–Kier alpha value is -4.36. The Labute approximate surface area is 242 Å². The van der Waals surface area contributed by atoms with Crippen molar-refractivity contribution in [2.24, 2.45) is 11.8 Å². The van der Waals surface area contributed by atoms with Crippen molar-refractivity contribution in [3.63, 3.8) is 0 Å². The second kappa shape index (κ2) is 10.9. The molecule has 1 aromatic heterocycles. The number of ether oxygens (including phenoxy) is 1. The van der Waals surface area contributed by atoms with Crippen LogP contribution in [-0.4, -0.2) is 35.2 Å². The maximum absolute atomic E-state index is 13.3. The molecule has 0 spiro atoms. The van der Waals surface area contributed by atoms with Gasteiger partial charge in [-0.25, -0.2) is 9.78 Å². The predicted octanol–water partition coefficient (Wildman–Crippen LogP) is 6.58. The maximum Gasteiger partial charge on any atom is 0.339 e. The highest BCUT2D eigenvalue weighted by molar-refractivity contribution is 6.30. The topological polar surface area (TPSA) is 93.6 Å². The van der Waals surface area contributed by atoms with Gasteiger partial charge in [-0.2, -0.15) is 0 Å². The van der Waals surface area contributed by atoms with Crippen LogP contribution in [0.5, 0.6) is 0 Å². The zero-order chi connectivity index (χ0) is 28.7. The van der Waals surface area contributed by atoms with Crippen LogP contribution in [0.1, 0.15) is 52.0 Å². The second-order valence-electron chi connectivity index (χ2n) is 10.6. The van der Waals surface area contributed by atoms with Gasteiger partial charge < -0.3 is 4.74 Å². The summed E-state index contributed by atoms with van der Waals surface area (Å²) in [5.74, 6) is -1.66. The van der Waals surface area contributed by atoms with E-state index in [-0.39, 0.29) is 35.0 Å².